The SMILES string of the molecule is CCOC(=O)CCc1cc(C(O)C(=O)O)cc([N+](=O)[O-])c1. The van der Waals surface area contributed by atoms with Gasteiger partial charge in [-0.15, -0.1) is 0 Å². The normalized spacial score (nSPS) is 11.7. The van der Waals surface area contributed by atoms with Crippen molar-refractivity contribution < 1.29 is 29.5 Å². The van der Waals surface area contributed by atoms with Crippen molar-refractivity contribution in [3.63, 3.8) is 0 Å². The van der Waals surface area contributed by atoms with Gasteiger partial charge in [-0.3, -0.25) is 14.9 Å². The van der Waals surface area contributed by atoms with E-state index in [1.807, 2.05) is 0 Å². The van der Waals surface area contributed by atoms with Crippen LogP contribution in [-0.2, 0) is 20.7 Å². The number of nitro groups is 1. The highest BCUT2D eigenvalue weighted by atomic mass is 16.6. The zero-order valence-electron chi connectivity index (χ0n) is 11.3. The van der Waals surface area contributed by atoms with Gasteiger partial charge in [-0.25, -0.2) is 4.79 Å². The Kier molecular flexibility index (Phi) is 5.79. The number of ether oxygens (including phenoxy) is 1. The van der Waals surface area contributed by atoms with Gasteiger partial charge in [-0.1, -0.05) is 6.07 Å². The van der Waals surface area contributed by atoms with Crippen molar-refractivity contribution in [3.8, 4) is 0 Å². The summed E-state index contributed by atoms with van der Waals surface area (Å²) in [5, 5.41) is 29.0. The Morgan fingerprint density at radius 1 is 1.38 bits per heavy atom. The molecule has 114 valence electrons. The predicted molar refractivity (Wildman–Crippen MR) is 70.6 cm³/mol. The van der Waals surface area contributed by atoms with Crippen LogP contribution in [0.25, 0.3) is 0 Å². The van der Waals surface area contributed by atoms with Crippen LogP contribution in [0.4, 0.5) is 5.69 Å². The summed E-state index contributed by atoms with van der Waals surface area (Å²) in [4.78, 5) is 32.1. The Labute approximate surface area is 120 Å². The van der Waals surface area contributed by atoms with E-state index in [4.69, 9.17) is 9.84 Å². The maximum absolute atomic E-state index is 11.3. The van der Waals surface area contributed by atoms with E-state index in [2.05, 4.69) is 0 Å². The van der Waals surface area contributed by atoms with E-state index >= 15 is 0 Å². The second-order valence-corrected chi connectivity index (χ2v) is 4.24. The van der Waals surface area contributed by atoms with Crippen molar-refractivity contribution in [1.29, 1.82) is 0 Å². The molecule has 0 aromatic heterocycles. The third kappa shape index (κ3) is 4.84. The molecule has 2 N–H and O–H groups in total. The Hall–Kier alpha value is -2.48. The van der Waals surface area contributed by atoms with Crippen molar-refractivity contribution in [2.45, 2.75) is 25.9 Å². The summed E-state index contributed by atoms with van der Waals surface area (Å²) >= 11 is 0. The van der Waals surface area contributed by atoms with Crippen LogP contribution in [0.1, 0.15) is 30.6 Å². The van der Waals surface area contributed by atoms with Gasteiger partial charge < -0.3 is 14.9 Å². The van der Waals surface area contributed by atoms with Gasteiger partial charge in [-0.05, 0) is 24.5 Å². The molecule has 21 heavy (non-hydrogen) atoms. The summed E-state index contributed by atoms with van der Waals surface area (Å²) in [6, 6.07) is 3.55. The number of esters is 1. The first-order valence-electron chi connectivity index (χ1n) is 6.20. The number of carboxylic acids is 1. The third-order valence-corrected chi connectivity index (χ3v) is 2.68. The molecule has 8 nitrogen and oxygen atoms in total. The second kappa shape index (κ2) is 7.34. The van der Waals surface area contributed by atoms with E-state index in [-0.39, 0.29) is 30.7 Å². The van der Waals surface area contributed by atoms with Crippen LogP contribution in [0.2, 0.25) is 0 Å². The van der Waals surface area contributed by atoms with Gasteiger partial charge in [0.05, 0.1) is 11.5 Å². The van der Waals surface area contributed by atoms with Gasteiger partial charge in [0.2, 0.25) is 0 Å². The molecule has 0 aliphatic heterocycles. The topological polar surface area (TPSA) is 127 Å². The summed E-state index contributed by atoms with van der Waals surface area (Å²) < 4.78 is 4.74. The number of carboxylic acid groups (broad SMARTS) is 1. The Bertz CT molecular complexity index is 555. The van der Waals surface area contributed by atoms with Gasteiger partial charge in [-0.2, -0.15) is 0 Å². The minimum absolute atomic E-state index is 0.0115. The van der Waals surface area contributed by atoms with Gasteiger partial charge in [0.15, 0.2) is 6.10 Å². The smallest absolute Gasteiger partial charge is 0.337 e. The lowest BCUT2D eigenvalue weighted by Crippen LogP contribution is -2.11. The number of hydrogen-bond acceptors (Lipinski definition) is 6. The molecular formula is C13H15NO7. The molecule has 0 saturated carbocycles. The fourth-order valence-electron chi connectivity index (χ4n) is 1.73. The first-order valence-corrected chi connectivity index (χ1v) is 6.20. The van der Waals surface area contributed by atoms with Crippen LogP contribution in [0, 0.1) is 10.1 Å². The molecule has 0 bridgehead atoms. The lowest BCUT2D eigenvalue weighted by molar-refractivity contribution is -0.385. The van der Waals surface area contributed by atoms with Crippen LogP contribution in [0.15, 0.2) is 18.2 Å². The first-order chi connectivity index (χ1) is 9.85. The number of benzene rings is 1. The number of rotatable bonds is 7. The molecule has 0 spiro atoms. The van der Waals surface area contributed by atoms with Crippen molar-refractivity contribution in [3.05, 3.63) is 39.4 Å². The minimum Gasteiger partial charge on any atom is -0.479 e. The summed E-state index contributed by atoms with van der Waals surface area (Å²) in [6.07, 6.45) is -1.69. The number of aliphatic hydroxyl groups excluding tert-OH is 1. The molecule has 1 atom stereocenters. The molecule has 1 aromatic rings. The maximum atomic E-state index is 11.3. The number of carbonyl (C=O) groups excluding carboxylic acids is 1. The van der Waals surface area contributed by atoms with Crippen LogP contribution < -0.4 is 0 Å². The van der Waals surface area contributed by atoms with E-state index in [1.54, 1.807) is 6.92 Å². The zero-order valence-corrected chi connectivity index (χ0v) is 11.3. The predicted octanol–water partition coefficient (Wildman–Crippen LogP) is 1.21. The third-order valence-electron chi connectivity index (χ3n) is 2.68. The van der Waals surface area contributed by atoms with E-state index in [0.29, 0.717) is 5.56 Å². The molecule has 1 aromatic carbocycles. The summed E-state index contributed by atoms with van der Waals surface area (Å²) in [7, 11) is 0. The number of nitrogens with zero attached hydrogens (tertiary/aromatic N) is 1. The molecule has 0 saturated heterocycles. The van der Waals surface area contributed by atoms with Gasteiger partial charge in [0.1, 0.15) is 0 Å². The Balaban J connectivity index is 3.00. The highest BCUT2D eigenvalue weighted by Gasteiger charge is 2.20. The molecular weight excluding hydrogens is 282 g/mol. The molecule has 0 heterocycles. The highest BCUT2D eigenvalue weighted by Crippen LogP contribution is 2.23. The van der Waals surface area contributed by atoms with Crippen LogP contribution >= 0.6 is 0 Å². The largest absolute Gasteiger partial charge is 0.479 e. The number of nitro benzene ring substituents is 1. The Morgan fingerprint density at radius 3 is 2.57 bits per heavy atom. The number of non-ortho nitro benzene ring substituents is 1. The first kappa shape index (κ1) is 16.6. The van der Waals surface area contributed by atoms with Gasteiger partial charge in [0, 0.05) is 18.6 Å². The van der Waals surface area contributed by atoms with Crippen molar-refractivity contribution in [2.75, 3.05) is 6.61 Å². The fraction of sp³-hybridized carbons (Fsp3) is 0.385. The van der Waals surface area contributed by atoms with Crippen molar-refractivity contribution in [2.24, 2.45) is 0 Å². The Morgan fingerprint density at radius 2 is 2.05 bits per heavy atom. The lowest BCUT2D eigenvalue weighted by Gasteiger charge is -2.08. The van der Waals surface area contributed by atoms with Gasteiger partial charge in [0.25, 0.3) is 5.69 Å². The minimum atomic E-state index is -1.86. The average Bonchev–Trinajstić information content (AvgIpc) is 2.44. The highest BCUT2D eigenvalue weighted by molar-refractivity contribution is 5.74. The van der Waals surface area contributed by atoms with E-state index < -0.39 is 23.0 Å². The second-order valence-electron chi connectivity index (χ2n) is 4.24. The maximum Gasteiger partial charge on any atom is 0.337 e. The van der Waals surface area contributed by atoms with E-state index in [1.165, 1.54) is 12.1 Å². The van der Waals surface area contributed by atoms with Crippen LogP contribution in [0.5, 0.6) is 0 Å². The number of aliphatic hydroxyl groups is 1. The number of aryl methyl sites for hydroxylation is 1. The zero-order chi connectivity index (χ0) is 16.0. The fourth-order valence-corrected chi connectivity index (χ4v) is 1.73. The lowest BCUT2D eigenvalue weighted by atomic mass is 10.0. The van der Waals surface area contributed by atoms with Crippen molar-refractivity contribution in [1.82, 2.24) is 0 Å². The van der Waals surface area contributed by atoms with Crippen LogP contribution in [0.3, 0.4) is 0 Å². The number of carbonyl (C=O) groups is 2. The number of aliphatic carboxylic acids is 1. The summed E-state index contributed by atoms with van der Waals surface area (Å²) in [6.45, 7) is 1.89. The molecule has 0 radical (unpaired) electrons. The van der Waals surface area contributed by atoms with Gasteiger partial charge >= 0.3 is 11.9 Å². The molecule has 0 amide bonds. The van der Waals surface area contributed by atoms with E-state index in [9.17, 15) is 24.8 Å². The molecule has 8 heteroatoms. The monoisotopic (exact) mass is 297 g/mol. The molecule has 1 unspecified atom stereocenters. The number of hydrogen-bond donors (Lipinski definition) is 2. The molecule has 1 rings (SSSR count). The molecule has 0 aliphatic rings. The van der Waals surface area contributed by atoms with E-state index in [0.717, 1.165) is 6.07 Å². The van der Waals surface area contributed by atoms with Crippen molar-refractivity contribution >= 4 is 17.6 Å². The summed E-state index contributed by atoms with van der Waals surface area (Å²) in [5.41, 5.74) is -0.0604. The molecule has 0 aliphatic carbocycles. The summed E-state index contributed by atoms with van der Waals surface area (Å²) in [5.74, 6) is -1.96. The quantitative estimate of drug-likeness (QED) is 0.440. The van der Waals surface area contributed by atoms with Crippen LogP contribution in [-0.4, -0.2) is 33.7 Å². The average molecular weight is 297 g/mol. The standard InChI is InChI=1S/C13H15NO7/c1-2-21-11(15)4-3-8-5-9(12(16)13(17)18)7-10(6-8)14(19)20/h5-7,12,16H,2-4H2,1H3,(H,17,18). The molecule has 0 fully saturated rings.